The van der Waals surface area contributed by atoms with Crippen molar-refractivity contribution in [2.75, 3.05) is 0 Å². The summed E-state index contributed by atoms with van der Waals surface area (Å²) in [7, 11) is 0. The summed E-state index contributed by atoms with van der Waals surface area (Å²) in [4.78, 5) is 19.1. The zero-order valence-corrected chi connectivity index (χ0v) is 7.28. The highest BCUT2D eigenvalue weighted by atomic mass is 16.4. The standard InChI is InChI=1S/C4H8O2.C4H6O2/c2*1-2-3-4(5)6/h2-3H2,1H3,(H,5,6);2-3H,1H3,(H,5,6). The highest BCUT2D eigenvalue weighted by Gasteiger charge is 1.87. The topological polar surface area (TPSA) is 74.6 Å². The molecule has 0 aliphatic rings. The van der Waals surface area contributed by atoms with E-state index in [-0.39, 0.29) is 0 Å². The van der Waals surface area contributed by atoms with Gasteiger partial charge >= 0.3 is 11.9 Å². The van der Waals surface area contributed by atoms with Crippen molar-refractivity contribution in [2.45, 2.75) is 26.7 Å². The Morgan fingerprint density at radius 1 is 1.33 bits per heavy atom. The molecule has 4 nitrogen and oxygen atoms in total. The Morgan fingerprint density at radius 2 is 1.83 bits per heavy atom. The van der Waals surface area contributed by atoms with Crippen LogP contribution in [-0.4, -0.2) is 22.2 Å². The zero-order chi connectivity index (χ0) is 9.98. The number of aliphatic carboxylic acids is 2. The molecule has 0 unspecified atom stereocenters. The molecule has 0 atom stereocenters. The Hall–Kier alpha value is -1.32. The van der Waals surface area contributed by atoms with Gasteiger partial charge in [-0.05, 0) is 13.3 Å². The Labute approximate surface area is 71.5 Å². The minimum Gasteiger partial charge on any atom is -0.481 e. The van der Waals surface area contributed by atoms with Crippen LogP contribution in [0.3, 0.4) is 0 Å². The number of allylic oxidation sites excluding steroid dienone is 1. The van der Waals surface area contributed by atoms with Gasteiger partial charge in [-0.25, -0.2) is 4.79 Å². The van der Waals surface area contributed by atoms with Crippen molar-refractivity contribution in [2.24, 2.45) is 0 Å². The number of carboxylic acid groups (broad SMARTS) is 2. The van der Waals surface area contributed by atoms with E-state index in [0.717, 1.165) is 12.5 Å². The Bertz CT molecular complexity index is 160. The third-order valence-corrected chi connectivity index (χ3v) is 0.773. The van der Waals surface area contributed by atoms with Crippen LogP contribution in [0.15, 0.2) is 12.2 Å². The smallest absolute Gasteiger partial charge is 0.327 e. The van der Waals surface area contributed by atoms with Gasteiger partial charge in [-0.15, -0.1) is 0 Å². The van der Waals surface area contributed by atoms with Crippen LogP contribution in [0.1, 0.15) is 26.7 Å². The molecule has 0 aromatic heterocycles. The van der Waals surface area contributed by atoms with Gasteiger partial charge in [-0.1, -0.05) is 13.0 Å². The molecule has 0 bridgehead atoms. The predicted octanol–water partition coefficient (Wildman–Crippen LogP) is 1.52. The van der Waals surface area contributed by atoms with Crippen molar-refractivity contribution in [3.05, 3.63) is 12.2 Å². The highest BCUT2D eigenvalue weighted by Crippen LogP contribution is 1.82. The van der Waals surface area contributed by atoms with Crippen LogP contribution in [0.25, 0.3) is 0 Å². The third kappa shape index (κ3) is 23.4. The number of hydrogen-bond donors (Lipinski definition) is 2. The maximum absolute atomic E-state index is 9.60. The normalized spacial score (nSPS) is 8.83. The van der Waals surface area contributed by atoms with E-state index in [1.807, 2.05) is 6.92 Å². The number of hydrogen-bond acceptors (Lipinski definition) is 2. The predicted molar refractivity (Wildman–Crippen MR) is 45.0 cm³/mol. The van der Waals surface area contributed by atoms with E-state index in [2.05, 4.69) is 0 Å². The molecule has 0 amide bonds. The van der Waals surface area contributed by atoms with Crippen LogP contribution in [0.5, 0.6) is 0 Å². The lowest BCUT2D eigenvalue weighted by Crippen LogP contribution is -1.90. The Kier molecular flexibility index (Phi) is 10.7. The Balaban J connectivity index is 0. The zero-order valence-electron chi connectivity index (χ0n) is 7.28. The molecule has 2 N–H and O–H groups in total. The molecule has 0 aromatic carbocycles. The minimum absolute atomic E-state index is 0.292. The summed E-state index contributed by atoms with van der Waals surface area (Å²) >= 11 is 0. The van der Waals surface area contributed by atoms with Crippen molar-refractivity contribution >= 4 is 11.9 Å². The molecular weight excluding hydrogens is 160 g/mol. The van der Waals surface area contributed by atoms with E-state index >= 15 is 0 Å². The van der Waals surface area contributed by atoms with Crippen LogP contribution in [0, 0.1) is 0 Å². The van der Waals surface area contributed by atoms with Gasteiger partial charge in [-0.3, -0.25) is 4.79 Å². The molecule has 0 saturated heterocycles. The summed E-state index contributed by atoms with van der Waals surface area (Å²) in [6.45, 7) is 3.50. The van der Waals surface area contributed by atoms with Crippen molar-refractivity contribution in [1.82, 2.24) is 0 Å². The molecule has 0 aliphatic heterocycles. The first-order valence-electron chi connectivity index (χ1n) is 3.62. The first-order valence-corrected chi connectivity index (χ1v) is 3.62. The van der Waals surface area contributed by atoms with Gasteiger partial charge in [0, 0.05) is 12.5 Å². The summed E-state index contributed by atoms with van der Waals surface area (Å²) < 4.78 is 0. The maximum Gasteiger partial charge on any atom is 0.327 e. The molecule has 0 radical (unpaired) electrons. The number of rotatable bonds is 3. The van der Waals surface area contributed by atoms with Crippen molar-refractivity contribution in [3.63, 3.8) is 0 Å². The molecule has 12 heavy (non-hydrogen) atoms. The molecule has 0 aliphatic carbocycles. The average Bonchev–Trinajstić information content (AvgIpc) is 1.87. The van der Waals surface area contributed by atoms with E-state index in [1.54, 1.807) is 6.92 Å². The second-order valence-corrected chi connectivity index (χ2v) is 1.98. The van der Waals surface area contributed by atoms with Crippen LogP contribution in [0.4, 0.5) is 0 Å². The molecule has 70 valence electrons. The van der Waals surface area contributed by atoms with E-state index in [1.165, 1.54) is 6.08 Å². The van der Waals surface area contributed by atoms with E-state index in [4.69, 9.17) is 10.2 Å². The van der Waals surface area contributed by atoms with Crippen LogP contribution < -0.4 is 0 Å². The van der Waals surface area contributed by atoms with Gasteiger partial charge in [0.2, 0.25) is 0 Å². The molecule has 0 aromatic rings. The molecule has 0 fully saturated rings. The number of carboxylic acids is 2. The molecule has 0 spiro atoms. The lowest BCUT2D eigenvalue weighted by atomic mass is 10.4. The molecule has 0 rings (SSSR count). The van der Waals surface area contributed by atoms with Gasteiger partial charge in [0.25, 0.3) is 0 Å². The van der Waals surface area contributed by atoms with Gasteiger partial charge in [-0.2, -0.15) is 0 Å². The van der Waals surface area contributed by atoms with Gasteiger partial charge in [0.1, 0.15) is 0 Å². The van der Waals surface area contributed by atoms with Crippen molar-refractivity contribution in [3.8, 4) is 0 Å². The Morgan fingerprint density at radius 3 is 1.83 bits per heavy atom. The summed E-state index contributed by atoms with van der Waals surface area (Å²) in [5.41, 5.74) is 0. The summed E-state index contributed by atoms with van der Waals surface area (Å²) in [6.07, 6.45) is 3.58. The second-order valence-electron chi connectivity index (χ2n) is 1.98. The molecular formula is C8H14O4. The fourth-order valence-corrected chi connectivity index (χ4v) is 0.356. The third-order valence-electron chi connectivity index (χ3n) is 0.773. The van der Waals surface area contributed by atoms with Crippen LogP contribution in [0.2, 0.25) is 0 Å². The first-order chi connectivity index (χ1) is 5.54. The second kappa shape index (κ2) is 9.68. The minimum atomic E-state index is -0.891. The summed E-state index contributed by atoms with van der Waals surface area (Å²) in [6, 6.07) is 0. The largest absolute Gasteiger partial charge is 0.481 e. The average molecular weight is 174 g/mol. The quantitative estimate of drug-likeness (QED) is 0.636. The van der Waals surface area contributed by atoms with Gasteiger partial charge in [0.15, 0.2) is 0 Å². The maximum atomic E-state index is 9.60. The van der Waals surface area contributed by atoms with Gasteiger partial charge in [0.05, 0.1) is 0 Å². The monoisotopic (exact) mass is 174 g/mol. The summed E-state index contributed by atoms with van der Waals surface area (Å²) in [5, 5.41) is 15.7. The van der Waals surface area contributed by atoms with Crippen LogP contribution in [-0.2, 0) is 9.59 Å². The fraction of sp³-hybridized carbons (Fsp3) is 0.500. The molecule has 0 saturated carbocycles. The van der Waals surface area contributed by atoms with E-state index in [9.17, 15) is 9.59 Å². The molecule has 4 heteroatoms. The van der Waals surface area contributed by atoms with E-state index in [0.29, 0.717) is 6.42 Å². The number of carbonyl (C=O) groups is 2. The summed E-state index contributed by atoms with van der Waals surface area (Å²) in [5.74, 6) is -1.60. The lowest BCUT2D eigenvalue weighted by Gasteiger charge is -1.79. The van der Waals surface area contributed by atoms with E-state index < -0.39 is 11.9 Å². The van der Waals surface area contributed by atoms with Crippen LogP contribution >= 0.6 is 0 Å². The SMILES string of the molecule is CC=CC(=O)O.CCCC(=O)O. The van der Waals surface area contributed by atoms with Gasteiger partial charge < -0.3 is 10.2 Å². The van der Waals surface area contributed by atoms with Crippen molar-refractivity contribution in [1.29, 1.82) is 0 Å². The fourth-order valence-electron chi connectivity index (χ4n) is 0.356. The highest BCUT2D eigenvalue weighted by molar-refractivity contribution is 5.79. The van der Waals surface area contributed by atoms with Crippen molar-refractivity contribution < 1.29 is 19.8 Å². The first kappa shape index (κ1) is 13.3. The molecule has 0 heterocycles. The lowest BCUT2D eigenvalue weighted by molar-refractivity contribution is -0.137.